The van der Waals surface area contributed by atoms with Gasteiger partial charge in [0.15, 0.2) is 5.82 Å². The lowest BCUT2D eigenvalue weighted by Crippen LogP contribution is -2.46. The maximum Gasteiger partial charge on any atom is 0.222 e. The van der Waals surface area contributed by atoms with Crippen molar-refractivity contribution < 1.29 is 4.79 Å². The zero-order valence-electron chi connectivity index (χ0n) is 26.1. The summed E-state index contributed by atoms with van der Waals surface area (Å²) in [5.41, 5.74) is 5.19. The van der Waals surface area contributed by atoms with Crippen molar-refractivity contribution in [2.45, 2.75) is 62.9 Å². The molecular formula is C34H43N9O. The Bertz CT molecular complexity index is 1620. The topological polar surface area (TPSA) is 97.0 Å². The molecule has 1 amide bonds. The third kappa shape index (κ3) is 5.63. The van der Waals surface area contributed by atoms with Crippen molar-refractivity contribution in [3.05, 3.63) is 55.2 Å². The van der Waals surface area contributed by atoms with Crippen LogP contribution in [0.25, 0.3) is 33.6 Å². The molecular weight excluding hydrogens is 550 g/mol. The number of likely N-dealkylation sites (tertiary alicyclic amines) is 2. The molecule has 0 atom stereocenters. The highest BCUT2D eigenvalue weighted by atomic mass is 16.2. The number of hydrogen-bond acceptors (Lipinski definition) is 7. The molecule has 1 N–H and O–H groups in total. The number of hydrogen-bond donors (Lipinski definition) is 1. The molecule has 0 unspecified atom stereocenters. The number of aromatic nitrogens is 6. The Morgan fingerprint density at radius 3 is 2.39 bits per heavy atom. The van der Waals surface area contributed by atoms with Crippen LogP contribution >= 0.6 is 0 Å². The molecule has 3 aliphatic rings. The molecule has 10 nitrogen and oxygen atoms in total. The molecule has 1 saturated carbocycles. The van der Waals surface area contributed by atoms with Crippen LogP contribution in [-0.2, 0) is 11.8 Å². The zero-order valence-corrected chi connectivity index (χ0v) is 26.1. The lowest BCUT2D eigenvalue weighted by Gasteiger charge is -2.42. The molecule has 1 aliphatic carbocycles. The summed E-state index contributed by atoms with van der Waals surface area (Å²) < 4.78 is 3.95. The minimum absolute atomic E-state index is 0.0482. The van der Waals surface area contributed by atoms with E-state index >= 15 is 0 Å². The monoisotopic (exact) mass is 593 g/mol. The van der Waals surface area contributed by atoms with Gasteiger partial charge in [-0.3, -0.25) is 14.2 Å². The van der Waals surface area contributed by atoms with Crippen LogP contribution in [0.2, 0.25) is 0 Å². The molecule has 0 radical (unpaired) electrons. The van der Waals surface area contributed by atoms with Crippen molar-refractivity contribution in [2.24, 2.45) is 13.0 Å². The normalized spacial score (nSPS) is 23.1. The maximum absolute atomic E-state index is 12.2. The second-order valence-corrected chi connectivity index (χ2v) is 13.2. The van der Waals surface area contributed by atoms with E-state index in [1.807, 2.05) is 48.5 Å². The Hall–Kier alpha value is -4.05. The molecule has 2 saturated heterocycles. The number of nitrogens with one attached hydrogen (secondary N) is 1. The van der Waals surface area contributed by atoms with Gasteiger partial charge in [0.05, 0.1) is 18.4 Å². The average Bonchev–Trinajstić information content (AvgIpc) is 3.78. The van der Waals surface area contributed by atoms with E-state index in [9.17, 15) is 4.79 Å². The maximum atomic E-state index is 12.2. The molecule has 3 fully saturated rings. The fourth-order valence-electron chi connectivity index (χ4n) is 7.39. The quantitative estimate of drug-likeness (QED) is 0.312. The van der Waals surface area contributed by atoms with Crippen molar-refractivity contribution in [3.63, 3.8) is 0 Å². The zero-order chi connectivity index (χ0) is 30.3. The van der Waals surface area contributed by atoms with Crippen LogP contribution in [0, 0.1) is 5.92 Å². The molecule has 1 spiro atoms. The Morgan fingerprint density at radius 1 is 0.886 bits per heavy atom. The van der Waals surface area contributed by atoms with Gasteiger partial charge in [0.2, 0.25) is 5.91 Å². The SMILES string of the molecule is CN1CCC(CNc2nc(-c3cccc(-c4cnn(C)c4)c3)ncc2-c2cnn([C@H]3CC[C@]4(CCC(=O)N4C)CC3)c2)CC1. The molecule has 1 aromatic carbocycles. The predicted octanol–water partition coefficient (Wildman–Crippen LogP) is 5.27. The molecule has 5 heterocycles. The first-order chi connectivity index (χ1) is 21.4. The number of piperidine rings is 1. The van der Waals surface area contributed by atoms with Crippen LogP contribution in [0.1, 0.15) is 57.4 Å². The van der Waals surface area contributed by atoms with Crippen molar-refractivity contribution in [1.82, 2.24) is 39.3 Å². The first-order valence-electron chi connectivity index (χ1n) is 16.1. The number of amides is 1. The second-order valence-electron chi connectivity index (χ2n) is 13.2. The Kier molecular flexibility index (Phi) is 7.70. The van der Waals surface area contributed by atoms with Crippen LogP contribution in [0.3, 0.4) is 0 Å². The van der Waals surface area contributed by atoms with E-state index in [2.05, 4.69) is 57.5 Å². The highest BCUT2D eigenvalue weighted by Crippen LogP contribution is 2.44. The van der Waals surface area contributed by atoms with Gasteiger partial charge in [0.25, 0.3) is 0 Å². The van der Waals surface area contributed by atoms with Crippen LogP contribution in [-0.4, -0.2) is 84.5 Å². The summed E-state index contributed by atoms with van der Waals surface area (Å²) in [6, 6.07) is 8.69. The lowest BCUT2D eigenvalue weighted by atomic mass is 9.78. The van der Waals surface area contributed by atoms with E-state index in [1.165, 1.54) is 12.8 Å². The fraction of sp³-hybridized carbons (Fsp3) is 0.500. The van der Waals surface area contributed by atoms with Gasteiger partial charge in [-0.2, -0.15) is 10.2 Å². The third-order valence-electron chi connectivity index (χ3n) is 10.4. The largest absolute Gasteiger partial charge is 0.369 e. The van der Waals surface area contributed by atoms with Crippen LogP contribution in [0.15, 0.2) is 55.2 Å². The molecule has 230 valence electrons. The van der Waals surface area contributed by atoms with E-state index in [4.69, 9.17) is 15.1 Å². The van der Waals surface area contributed by atoms with Gasteiger partial charge in [-0.15, -0.1) is 0 Å². The molecule has 7 rings (SSSR count). The summed E-state index contributed by atoms with van der Waals surface area (Å²) in [4.78, 5) is 26.6. The minimum Gasteiger partial charge on any atom is -0.369 e. The van der Waals surface area contributed by atoms with Gasteiger partial charge in [0, 0.05) is 73.4 Å². The fourth-order valence-corrected chi connectivity index (χ4v) is 7.39. The minimum atomic E-state index is 0.0482. The second kappa shape index (κ2) is 11.8. The van der Waals surface area contributed by atoms with Crippen LogP contribution in [0.4, 0.5) is 5.82 Å². The van der Waals surface area contributed by atoms with Gasteiger partial charge in [-0.05, 0) is 82.6 Å². The van der Waals surface area contributed by atoms with Crippen LogP contribution in [0.5, 0.6) is 0 Å². The number of aryl methyl sites for hydroxylation is 1. The number of nitrogens with zero attached hydrogens (tertiary/aromatic N) is 8. The Labute approximate surface area is 259 Å². The predicted molar refractivity (Wildman–Crippen MR) is 172 cm³/mol. The number of carbonyl (C=O) groups excluding carboxylic acids is 1. The average molecular weight is 594 g/mol. The number of anilines is 1. The van der Waals surface area contributed by atoms with Gasteiger partial charge in [-0.1, -0.05) is 18.2 Å². The van der Waals surface area contributed by atoms with Gasteiger partial charge < -0.3 is 15.1 Å². The molecule has 10 heteroatoms. The number of rotatable bonds is 7. The molecule has 3 aromatic heterocycles. The smallest absolute Gasteiger partial charge is 0.222 e. The van der Waals surface area contributed by atoms with Gasteiger partial charge in [-0.25, -0.2) is 9.97 Å². The van der Waals surface area contributed by atoms with E-state index in [1.54, 1.807) is 0 Å². The number of carbonyl (C=O) groups is 1. The number of benzene rings is 1. The highest BCUT2D eigenvalue weighted by molar-refractivity contribution is 5.79. The van der Waals surface area contributed by atoms with E-state index in [0.29, 0.717) is 24.2 Å². The van der Waals surface area contributed by atoms with Crippen molar-refractivity contribution in [1.29, 1.82) is 0 Å². The van der Waals surface area contributed by atoms with Crippen molar-refractivity contribution >= 4 is 11.7 Å². The highest BCUT2D eigenvalue weighted by Gasteiger charge is 2.45. The summed E-state index contributed by atoms with van der Waals surface area (Å²) in [5.74, 6) is 2.46. The standard InChI is InChI=1S/C34H43N9O/c1-40-15-10-24(11-16-40)18-35-33-30(21-36-32(39-33)26-6-4-5-25(17-26)27-19-37-41(2)22-27)28-20-38-43(23-28)29-7-12-34(13-8-29)14-9-31(44)42(34)3/h4-6,17,19-24,29H,7-16,18H2,1-3H3,(H,35,36,39)/t29-,34+. The summed E-state index contributed by atoms with van der Waals surface area (Å²) in [5, 5.41) is 12.9. The van der Waals surface area contributed by atoms with Crippen LogP contribution < -0.4 is 5.32 Å². The summed E-state index contributed by atoms with van der Waals surface area (Å²) in [6.45, 7) is 3.15. The summed E-state index contributed by atoms with van der Waals surface area (Å²) >= 11 is 0. The van der Waals surface area contributed by atoms with E-state index in [0.717, 1.165) is 85.4 Å². The molecule has 0 bridgehead atoms. The summed E-state index contributed by atoms with van der Waals surface area (Å²) in [7, 11) is 6.12. The first kappa shape index (κ1) is 28.7. The van der Waals surface area contributed by atoms with E-state index < -0.39 is 0 Å². The van der Waals surface area contributed by atoms with Crippen molar-refractivity contribution in [3.8, 4) is 33.6 Å². The summed E-state index contributed by atoms with van der Waals surface area (Å²) in [6.07, 6.45) is 18.1. The molecule has 44 heavy (non-hydrogen) atoms. The van der Waals surface area contributed by atoms with E-state index in [-0.39, 0.29) is 11.4 Å². The Balaban J connectivity index is 1.14. The third-order valence-corrected chi connectivity index (χ3v) is 10.4. The molecule has 4 aromatic rings. The Morgan fingerprint density at radius 2 is 1.66 bits per heavy atom. The first-order valence-corrected chi connectivity index (χ1v) is 16.1. The lowest BCUT2D eigenvalue weighted by molar-refractivity contribution is -0.130. The van der Waals surface area contributed by atoms with Gasteiger partial charge >= 0.3 is 0 Å². The van der Waals surface area contributed by atoms with Gasteiger partial charge in [0.1, 0.15) is 5.82 Å². The van der Waals surface area contributed by atoms with Crippen molar-refractivity contribution in [2.75, 3.05) is 39.0 Å². The molecule has 2 aliphatic heterocycles.